The topological polar surface area (TPSA) is 9.23 Å². The van der Waals surface area contributed by atoms with Crippen molar-refractivity contribution < 1.29 is 4.74 Å². The fourth-order valence-corrected chi connectivity index (χ4v) is 5.61. The predicted molar refractivity (Wildman–Crippen MR) is 100 cm³/mol. The minimum Gasteiger partial charge on any atom is -0.374 e. The molecular formula is C23H34O. The van der Waals surface area contributed by atoms with Gasteiger partial charge in [-0.2, -0.15) is 0 Å². The van der Waals surface area contributed by atoms with E-state index in [1.165, 1.54) is 77.0 Å². The van der Waals surface area contributed by atoms with Crippen LogP contribution in [0.2, 0.25) is 0 Å². The lowest BCUT2D eigenvalue weighted by Gasteiger charge is -2.44. The van der Waals surface area contributed by atoms with E-state index in [1.807, 2.05) is 0 Å². The first-order valence-electron chi connectivity index (χ1n) is 10.6. The minimum absolute atomic E-state index is 0.524. The van der Waals surface area contributed by atoms with Gasteiger partial charge in [-0.25, -0.2) is 0 Å². The van der Waals surface area contributed by atoms with Crippen molar-refractivity contribution in [1.82, 2.24) is 0 Å². The van der Waals surface area contributed by atoms with Gasteiger partial charge in [-0.3, -0.25) is 0 Å². The molecule has 3 fully saturated rings. The third-order valence-electron chi connectivity index (χ3n) is 7.01. The average Bonchev–Trinajstić information content (AvgIpc) is 2.70. The van der Waals surface area contributed by atoms with Crippen molar-refractivity contribution in [3.63, 3.8) is 0 Å². The molecule has 2 saturated carbocycles. The Bertz CT molecular complexity index is 458. The first-order chi connectivity index (χ1) is 11.9. The summed E-state index contributed by atoms with van der Waals surface area (Å²) in [5.74, 6) is 2.38. The van der Waals surface area contributed by atoms with E-state index in [-0.39, 0.29) is 0 Å². The molecule has 2 aliphatic carbocycles. The Balaban J connectivity index is 1.51. The molecule has 1 unspecified atom stereocenters. The molecule has 0 spiro atoms. The molecule has 0 radical (unpaired) electrons. The molecule has 1 nitrogen and oxygen atoms in total. The Morgan fingerprint density at radius 2 is 1.12 bits per heavy atom. The maximum atomic E-state index is 6.82. The fourth-order valence-electron chi connectivity index (χ4n) is 5.61. The maximum Gasteiger partial charge on any atom is 0.0613 e. The molecule has 1 saturated heterocycles. The van der Waals surface area contributed by atoms with Gasteiger partial charge in [0.05, 0.1) is 12.2 Å². The summed E-state index contributed by atoms with van der Waals surface area (Å²) in [7, 11) is 0. The third kappa shape index (κ3) is 3.87. The van der Waals surface area contributed by atoms with Crippen molar-refractivity contribution in [3.05, 3.63) is 35.9 Å². The van der Waals surface area contributed by atoms with Crippen LogP contribution in [0.4, 0.5) is 0 Å². The second-order valence-electron chi connectivity index (χ2n) is 8.59. The summed E-state index contributed by atoms with van der Waals surface area (Å²) in [5, 5.41) is 0. The molecule has 0 amide bonds. The van der Waals surface area contributed by atoms with Gasteiger partial charge in [0.25, 0.3) is 0 Å². The Hall–Kier alpha value is -0.820. The van der Waals surface area contributed by atoms with Crippen molar-refractivity contribution >= 4 is 0 Å². The Labute approximate surface area is 148 Å². The molecule has 1 aromatic carbocycles. The van der Waals surface area contributed by atoms with Gasteiger partial charge in [-0.05, 0) is 61.8 Å². The van der Waals surface area contributed by atoms with E-state index in [9.17, 15) is 0 Å². The number of hydrogen-bond donors (Lipinski definition) is 0. The highest BCUT2D eigenvalue weighted by Crippen LogP contribution is 2.43. The van der Waals surface area contributed by atoms with Crippen LogP contribution in [0.15, 0.2) is 30.3 Å². The van der Waals surface area contributed by atoms with Crippen molar-refractivity contribution in [1.29, 1.82) is 0 Å². The number of hydrogen-bond acceptors (Lipinski definition) is 1. The van der Waals surface area contributed by atoms with Gasteiger partial charge in [0.2, 0.25) is 0 Å². The van der Waals surface area contributed by atoms with E-state index in [4.69, 9.17) is 4.74 Å². The summed E-state index contributed by atoms with van der Waals surface area (Å²) in [6, 6.07) is 11.3. The zero-order chi connectivity index (χ0) is 16.2. The number of benzene rings is 1. The lowest BCUT2D eigenvalue weighted by Crippen LogP contribution is -2.41. The van der Waals surface area contributed by atoms with Crippen LogP contribution in [-0.2, 0) is 4.74 Å². The van der Waals surface area contributed by atoms with Crippen molar-refractivity contribution in [3.8, 4) is 0 Å². The summed E-state index contributed by atoms with van der Waals surface area (Å²) in [4.78, 5) is 0. The van der Waals surface area contributed by atoms with Crippen molar-refractivity contribution in [2.24, 2.45) is 11.8 Å². The second-order valence-corrected chi connectivity index (χ2v) is 8.59. The largest absolute Gasteiger partial charge is 0.374 e. The highest BCUT2D eigenvalue weighted by atomic mass is 16.5. The summed E-state index contributed by atoms with van der Waals surface area (Å²) >= 11 is 0. The quantitative estimate of drug-likeness (QED) is 0.618. The Kier molecular flexibility index (Phi) is 5.57. The van der Waals surface area contributed by atoms with E-state index >= 15 is 0 Å². The summed E-state index contributed by atoms with van der Waals surface area (Å²) in [6.45, 7) is 0. The van der Waals surface area contributed by atoms with Gasteiger partial charge in [0.1, 0.15) is 0 Å². The van der Waals surface area contributed by atoms with E-state index in [1.54, 1.807) is 5.56 Å². The van der Waals surface area contributed by atoms with Crippen LogP contribution in [-0.4, -0.2) is 12.2 Å². The number of ether oxygens (including phenoxy) is 1. The monoisotopic (exact) mass is 326 g/mol. The molecular weight excluding hydrogens is 292 g/mol. The molecule has 132 valence electrons. The smallest absolute Gasteiger partial charge is 0.0613 e. The van der Waals surface area contributed by atoms with Crippen LogP contribution in [0.3, 0.4) is 0 Å². The SMILES string of the molecule is c1ccc(C2C[C@@H](C3CCCCC3)O[C@@H](C3CCCCC3)C2)cc1. The zero-order valence-corrected chi connectivity index (χ0v) is 15.2. The summed E-state index contributed by atoms with van der Waals surface area (Å²) in [6.07, 6.45) is 17.8. The zero-order valence-electron chi connectivity index (χ0n) is 15.2. The van der Waals surface area contributed by atoms with Crippen LogP contribution in [0.1, 0.15) is 88.5 Å². The van der Waals surface area contributed by atoms with Crippen molar-refractivity contribution in [2.75, 3.05) is 0 Å². The highest BCUT2D eigenvalue weighted by molar-refractivity contribution is 5.20. The average molecular weight is 327 g/mol. The fraction of sp³-hybridized carbons (Fsp3) is 0.739. The minimum atomic E-state index is 0.524. The maximum absolute atomic E-state index is 6.82. The molecule has 1 heteroatoms. The van der Waals surface area contributed by atoms with Crippen LogP contribution < -0.4 is 0 Å². The first-order valence-corrected chi connectivity index (χ1v) is 10.6. The van der Waals surface area contributed by atoms with Gasteiger partial charge < -0.3 is 4.74 Å². The predicted octanol–water partition coefficient (Wildman–Crippen LogP) is 6.48. The second kappa shape index (κ2) is 8.04. The third-order valence-corrected chi connectivity index (χ3v) is 7.01. The molecule has 3 atom stereocenters. The lowest BCUT2D eigenvalue weighted by molar-refractivity contribution is -0.118. The summed E-state index contributed by atoms with van der Waals surface area (Å²) < 4.78 is 6.82. The van der Waals surface area contributed by atoms with Gasteiger partial charge in [-0.15, -0.1) is 0 Å². The molecule has 1 aromatic rings. The Morgan fingerprint density at radius 1 is 0.625 bits per heavy atom. The van der Waals surface area contributed by atoms with Gasteiger partial charge in [0.15, 0.2) is 0 Å². The first kappa shape index (κ1) is 16.6. The normalized spacial score (nSPS) is 33.4. The van der Waals surface area contributed by atoms with E-state index in [0.717, 1.165) is 17.8 Å². The van der Waals surface area contributed by atoms with Crippen LogP contribution in [0, 0.1) is 11.8 Å². The Morgan fingerprint density at radius 3 is 1.62 bits per heavy atom. The molecule has 0 N–H and O–H groups in total. The molecule has 1 heterocycles. The standard InChI is InChI=1S/C23H34O/c1-4-10-18(11-5-1)21-16-22(19-12-6-2-7-13-19)24-23(17-21)20-14-8-3-9-15-20/h1,4-5,10-11,19-23H,2-3,6-9,12-17H2/t21?,22-,23+. The van der Waals surface area contributed by atoms with Crippen LogP contribution in [0.5, 0.6) is 0 Å². The van der Waals surface area contributed by atoms with Gasteiger partial charge in [-0.1, -0.05) is 68.9 Å². The molecule has 1 aliphatic heterocycles. The van der Waals surface area contributed by atoms with E-state index in [2.05, 4.69) is 30.3 Å². The molecule has 0 aromatic heterocycles. The lowest BCUT2D eigenvalue weighted by atomic mass is 9.74. The molecule has 24 heavy (non-hydrogen) atoms. The van der Waals surface area contributed by atoms with E-state index < -0.39 is 0 Å². The van der Waals surface area contributed by atoms with Gasteiger partial charge in [0, 0.05) is 0 Å². The van der Waals surface area contributed by atoms with E-state index in [0.29, 0.717) is 12.2 Å². The van der Waals surface area contributed by atoms with Gasteiger partial charge >= 0.3 is 0 Å². The highest BCUT2D eigenvalue weighted by Gasteiger charge is 2.38. The van der Waals surface area contributed by atoms with Crippen LogP contribution in [0.25, 0.3) is 0 Å². The molecule has 4 rings (SSSR count). The van der Waals surface area contributed by atoms with Crippen LogP contribution >= 0.6 is 0 Å². The summed E-state index contributed by atoms with van der Waals surface area (Å²) in [5.41, 5.74) is 1.56. The number of rotatable bonds is 3. The van der Waals surface area contributed by atoms with Crippen molar-refractivity contribution in [2.45, 2.75) is 95.2 Å². The molecule has 0 bridgehead atoms. The molecule has 3 aliphatic rings.